The number of rotatable bonds is 4. The number of nitrogens with one attached hydrogen (secondary N) is 2. The summed E-state index contributed by atoms with van der Waals surface area (Å²) in [6.45, 7) is 1.43. The third kappa shape index (κ3) is 3.47. The molecule has 0 radical (unpaired) electrons. The van der Waals surface area contributed by atoms with E-state index in [1.807, 2.05) is 42.5 Å². The normalized spacial score (nSPS) is 17.4. The lowest BCUT2D eigenvalue weighted by atomic mass is 10.0. The van der Waals surface area contributed by atoms with E-state index in [2.05, 4.69) is 10.6 Å². The summed E-state index contributed by atoms with van der Waals surface area (Å²) in [4.78, 5) is 12.2. The van der Waals surface area contributed by atoms with Gasteiger partial charge in [-0.2, -0.15) is 0 Å². The van der Waals surface area contributed by atoms with Crippen LogP contribution in [-0.2, 0) is 6.42 Å². The van der Waals surface area contributed by atoms with Crippen molar-refractivity contribution >= 4 is 6.03 Å². The number of carbonyl (C=O) groups is 1. The van der Waals surface area contributed by atoms with Crippen molar-refractivity contribution < 1.29 is 19.0 Å². The number of urea groups is 1. The molecule has 130 valence electrons. The van der Waals surface area contributed by atoms with Crippen LogP contribution in [-0.4, -0.2) is 26.0 Å². The van der Waals surface area contributed by atoms with Gasteiger partial charge in [-0.3, -0.25) is 0 Å². The molecule has 2 aromatic carbocycles. The minimum absolute atomic E-state index is 0.0181. The first kappa shape index (κ1) is 15.6. The van der Waals surface area contributed by atoms with Crippen molar-refractivity contribution in [3.63, 3.8) is 0 Å². The van der Waals surface area contributed by atoms with E-state index in [-0.39, 0.29) is 18.9 Å². The maximum absolute atomic E-state index is 12.2. The van der Waals surface area contributed by atoms with Crippen LogP contribution in [0.3, 0.4) is 0 Å². The van der Waals surface area contributed by atoms with Crippen LogP contribution in [0.4, 0.5) is 4.79 Å². The van der Waals surface area contributed by atoms with E-state index >= 15 is 0 Å². The largest absolute Gasteiger partial charge is 0.493 e. The fourth-order valence-corrected chi connectivity index (χ4v) is 3.12. The summed E-state index contributed by atoms with van der Waals surface area (Å²) in [5, 5.41) is 5.94. The molecule has 4 rings (SSSR count). The fourth-order valence-electron chi connectivity index (χ4n) is 3.12. The second-order valence-corrected chi connectivity index (χ2v) is 6.07. The van der Waals surface area contributed by atoms with Gasteiger partial charge in [0.1, 0.15) is 5.75 Å². The summed E-state index contributed by atoms with van der Waals surface area (Å²) < 4.78 is 16.3. The molecule has 25 heavy (non-hydrogen) atoms. The molecule has 1 unspecified atom stereocenters. The molecule has 0 aromatic heterocycles. The van der Waals surface area contributed by atoms with Crippen LogP contribution in [0.15, 0.2) is 42.5 Å². The fraction of sp³-hybridized carbons (Fsp3) is 0.316. The SMILES string of the molecule is O=C(NCCc1ccc2c(c1)OCO2)NC1CCOc2ccccc21. The van der Waals surface area contributed by atoms with Gasteiger partial charge < -0.3 is 24.8 Å². The van der Waals surface area contributed by atoms with E-state index in [9.17, 15) is 4.79 Å². The first-order valence-corrected chi connectivity index (χ1v) is 8.44. The molecule has 0 aliphatic carbocycles. The maximum atomic E-state index is 12.2. The van der Waals surface area contributed by atoms with Gasteiger partial charge in [-0.15, -0.1) is 0 Å². The van der Waals surface area contributed by atoms with E-state index in [0.717, 1.165) is 41.2 Å². The molecule has 2 N–H and O–H groups in total. The first-order valence-electron chi connectivity index (χ1n) is 8.44. The Hall–Kier alpha value is -2.89. The zero-order valence-electron chi connectivity index (χ0n) is 13.8. The van der Waals surface area contributed by atoms with Gasteiger partial charge in [-0.1, -0.05) is 24.3 Å². The average molecular weight is 340 g/mol. The minimum Gasteiger partial charge on any atom is -0.493 e. The molecule has 2 heterocycles. The molecule has 2 aliphatic rings. The number of carbonyl (C=O) groups excluding carboxylic acids is 1. The molecular weight excluding hydrogens is 320 g/mol. The maximum Gasteiger partial charge on any atom is 0.315 e. The molecule has 2 aliphatic heterocycles. The summed E-state index contributed by atoms with van der Waals surface area (Å²) in [5.41, 5.74) is 2.13. The van der Waals surface area contributed by atoms with Crippen LogP contribution in [0.1, 0.15) is 23.6 Å². The second kappa shape index (κ2) is 6.93. The third-order valence-electron chi connectivity index (χ3n) is 4.40. The molecule has 0 bridgehead atoms. The van der Waals surface area contributed by atoms with E-state index < -0.39 is 0 Å². The predicted octanol–water partition coefficient (Wildman–Crippen LogP) is 2.78. The van der Waals surface area contributed by atoms with Gasteiger partial charge in [0.15, 0.2) is 11.5 Å². The smallest absolute Gasteiger partial charge is 0.315 e. The Morgan fingerprint density at radius 3 is 2.88 bits per heavy atom. The highest BCUT2D eigenvalue weighted by Gasteiger charge is 2.22. The topological polar surface area (TPSA) is 68.8 Å². The Balaban J connectivity index is 1.29. The van der Waals surface area contributed by atoms with Gasteiger partial charge in [0.2, 0.25) is 6.79 Å². The zero-order chi connectivity index (χ0) is 17.1. The van der Waals surface area contributed by atoms with E-state index in [1.165, 1.54) is 0 Å². The molecule has 6 heteroatoms. The lowest BCUT2D eigenvalue weighted by Gasteiger charge is -2.26. The van der Waals surface area contributed by atoms with Gasteiger partial charge in [-0.05, 0) is 30.2 Å². The minimum atomic E-state index is -0.164. The van der Waals surface area contributed by atoms with Gasteiger partial charge >= 0.3 is 6.03 Å². The monoisotopic (exact) mass is 340 g/mol. The van der Waals surface area contributed by atoms with Crippen LogP contribution < -0.4 is 24.8 Å². The van der Waals surface area contributed by atoms with Crippen LogP contribution in [0.25, 0.3) is 0 Å². The van der Waals surface area contributed by atoms with Gasteiger partial charge in [-0.25, -0.2) is 4.79 Å². The molecule has 0 fully saturated rings. The highest BCUT2D eigenvalue weighted by Crippen LogP contribution is 2.33. The van der Waals surface area contributed by atoms with Crippen molar-refractivity contribution in [2.45, 2.75) is 18.9 Å². The van der Waals surface area contributed by atoms with Crippen molar-refractivity contribution in [3.8, 4) is 17.2 Å². The number of amides is 2. The zero-order valence-corrected chi connectivity index (χ0v) is 13.8. The summed E-state index contributed by atoms with van der Waals surface area (Å²) in [6.07, 6.45) is 1.50. The van der Waals surface area contributed by atoms with Gasteiger partial charge in [0.25, 0.3) is 0 Å². The summed E-state index contributed by atoms with van der Waals surface area (Å²) >= 11 is 0. The summed E-state index contributed by atoms with van der Waals surface area (Å²) in [7, 11) is 0. The highest BCUT2D eigenvalue weighted by molar-refractivity contribution is 5.74. The van der Waals surface area contributed by atoms with Gasteiger partial charge in [0, 0.05) is 18.5 Å². The second-order valence-electron chi connectivity index (χ2n) is 6.07. The van der Waals surface area contributed by atoms with E-state index in [1.54, 1.807) is 0 Å². The number of hydrogen-bond acceptors (Lipinski definition) is 4. The van der Waals surface area contributed by atoms with E-state index in [4.69, 9.17) is 14.2 Å². The van der Waals surface area contributed by atoms with Crippen molar-refractivity contribution in [1.29, 1.82) is 0 Å². The lowest BCUT2D eigenvalue weighted by molar-refractivity contribution is 0.174. The standard InChI is InChI=1S/C19H20N2O4/c22-19(21-15-8-10-23-16-4-2-1-3-14(15)16)20-9-7-13-5-6-17-18(11-13)25-12-24-17/h1-6,11,15H,7-10,12H2,(H2,20,21,22). The molecule has 2 aromatic rings. The number of benzene rings is 2. The lowest BCUT2D eigenvalue weighted by Crippen LogP contribution is -2.40. The van der Waals surface area contributed by atoms with Crippen LogP contribution in [0.2, 0.25) is 0 Å². The molecular formula is C19H20N2O4. The Morgan fingerprint density at radius 1 is 1.04 bits per heavy atom. The van der Waals surface area contributed by atoms with Crippen LogP contribution in [0, 0.1) is 0 Å². The molecule has 2 amide bonds. The van der Waals surface area contributed by atoms with Crippen molar-refractivity contribution in [1.82, 2.24) is 10.6 Å². The van der Waals surface area contributed by atoms with Gasteiger partial charge in [0.05, 0.1) is 12.6 Å². The summed E-state index contributed by atoms with van der Waals surface area (Å²) in [5.74, 6) is 2.38. The molecule has 0 spiro atoms. The quantitative estimate of drug-likeness (QED) is 0.898. The molecule has 6 nitrogen and oxygen atoms in total. The van der Waals surface area contributed by atoms with Crippen molar-refractivity contribution in [2.75, 3.05) is 19.9 Å². The number of para-hydroxylation sites is 1. The highest BCUT2D eigenvalue weighted by atomic mass is 16.7. The van der Waals surface area contributed by atoms with Crippen molar-refractivity contribution in [3.05, 3.63) is 53.6 Å². The molecule has 0 saturated carbocycles. The average Bonchev–Trinajstić information content (AvgIpc) is 3.10. The first-order chi connectivity index (χ1) is 12.3. The van der Waals surface area contributed by atoms with Crippen LogP contribution >= 0.6 is 0 Å². The van der Waals surface area contributed by atoms with Crippen molar-refractivity contribution in [2.24, 2.45) is 0 Å². The Bertz CT molecular complexity index is 778. The number of ether oxygens (including phenoxy) is 3. The Morgan fingerprint density at radius 2 is 1.92 bits per heavy atom. The summed E-state index contributed by atoms with van der Waals surface area (Å²) in [6, 6.07) is 13.5. The predicted molar refractivity (Wildman–Crippen MR) is 92.1 cm³/mol. The molecule has 0 saturated heterocycles. The van der Waals surface area contributed by atoms with Crippen LogP contribution in [0.5, 0.6) is 17.2 Å². The third-order valence-corrected chi connectivity index (χ3v) is 4.40. The number of hydrogen-bond donors (Lipinski definition) is 2. The Labute approximate surface area is 146 Å². The number of fused-ring (bicyclic) bond motifs is 2. The Kier molecular flexibility index (Phi) is 4.33. The van der Waals surface area contributed by atoms with E-state index in [0.29, 0.717) is 13.2 Å². The molecule has 1 atom stereocenters.